The van der Waals surface area contributed by atoms with Gasteiger partial charge in [0, 0.05) is 12.0 Å². The SMILES string of the molecule is COc1ccc(C(=O)C[C@@H](NC(=O)OC(C)(C)C)C(=O)O)cc1OC. The van der Waals surface area contributed by atoms with Gasteiger partial charge in [-0.2, -0.15) is 0 Å². The molecule has 2 N–H and O–H groups in total. The zero-order valence-electron chi connectivity index (χ0n) is 14.9. The Kier molecular flexibility index (Phi) is 6.78. The van der Waals surface area contributed by atoms with Crippen LogP contribution in [0.5, 0.6) is 11.5 Å². The summed E-state index contributed by atoms with van der Waals surface area (Å²) in [5.74, 6) is -1.01. The van der Waals surface area contributed by atoms with E-state index in [0.717, 1.165) is 0 Å². The van der Waals surface area contributed by atoms with Crippen molar-refractivity contribution in [2.24, 2.45) is 0 Å². The molecule has 8 heteroatoms. The van der Waals surface area contributed by atoms with Crippen molar-refractivity contribution in [2.75, 3.05) is 14.2 Å². The van der Waals surface area contributed by atoms with Crippen molar-refractivity contribution in [1.29, 1.82) is 0 Å². The third kappa shape index (κ3) is 6.33. The van der Waals surface area contributed by atoms with Crippen LogP contribution in [0.2, 0.25) is 0 Å². The van der Waals surface area contributed by atoms with Gasteiger partial charge >= 0.3 is 12.1 Å². The van der Waals surface area contributed by atoms with Gasteiger partial charge in [-0.1, -0.05) is 0 Å². The minimum absolute atomic E-state index is 0.245. The molecule has 8 nitrogen and oxygen atoms in total. The zero-order chi connectivity index (χ0) is 19.2. The first-order chi connectivity index (χ1) is 11.6. The van der Waals surface area contributed by atoms with Gasteiger partial charge in [0.25, 0.3) is 0 Å². The summed E-state index contributed by atoms with van der Waals surface area (Å²) in [6.45, 7) is 4.95. The number of nitrogens with one attached hydrogen (secondary N) is 1. The van der Waals surface area contributed by atoms with Crippen molar-refractivity contribution in [1.82, 2.24) is 5.32 Å². The lowest BCUT2D eigenvalue weighted by atomic mass is 10.0. The van der Waals surface area contributed by atoms with Crippen LogP contribution in [0.15, 0.2) is 18.2 Å². The molecule has 1 aromatic carbocycles. The smallest absolute Gasteiger partial charge is 0.408 e. The number of carbonyl (C=O) groups is 3. The van der Waals surface area contributed by atoms with Gasteiger partial charge in [0.15, 0.2) is 17.3 Å². The number of ketones is 1. The average molecular weight is 353 g/mol. The van der Waals surface area contributed by atoms with Gasteiger partial charge < -0.3 is 24.6 Å². The zero-order valence-corrected chi connectivity index (χ0v) is 14.9. The van der Waals surface area contributed by atoms with Crippen LogP contribution in [0, 0.1) is 0 Å². The number of Topliss-reactive ketones (excluding diaryl/α,β-unsaturated/α-hetero) is 1. The van der Waals surface area contributed by atoms with E-state index >= 15 is 0 Å². The molecule has 0 unspecified atom stereocenters. The fourth-order valence-electron chi connectivity index (χ4n) is 1.96. The number of hydrogen-bond acceptors (Lipinski definition) is 6. The number of ether oxygens (including phenoxy) is 3. The highest BCUT2D eigenvalue weighted by Crippen LogP contribution is 2.28. The molecule has 0 aliphatic carbocycles. The molecule has 0 saturated heterocycles. The van der Waals surface area contributed by atoms with Gasteiger partial charge in [0.1, 0.15) is 11.6 Å². The van der Waals surface area contributed by atoms with Crippen LogP contribution in [-0.2, 0) is 9.53 Å². The van der Waals surface area contributed by atoms with Crippen LogP contribution >= 0.6 is 0 Å². The number of aliphatic carboxylic acids is 1. The maximum atomic E-state index is 12.3. The van der Waals surface area contributed by atoms with Gasteiger partial charge in [0.2, 0.25) is 0 Å². The quantitative estimate of drug-likeness (QED) is 0.723. The lowest BCUT2D eigenvalue weighted by Crippen LogP contribution is -2.44. The number of benzene rings is 1. The minimum atomic E-state index is -1.41. The molecular weight excluding hydrogens is 330 g/mol. The Bertz CT molecular complexity index is 649. The topological polar surface area (TPSA) is 111 Å². The second-order valence-electron chi connectivity index (χ2n) is 6.23. The van der Waals surface area contributed by atoms with Crippen molar-refractivity contribution in [3.63, 3.8) is 0 Å². The Morgan fingerprint density at radius 3 is 2.20 bits per heavy atom. The number of carbonyl (C=O) groups excluding carboxylic acids is 2. The molecule has 0 aliphatic rings. The molecule has 138 valence electrons. The van der Waals surface area contributed by atoms with Crippen molar-refractivity contribution in [3.8, 4) is 11.5 Å². The highest BCUT2D eigenvalue weighted by atomic mass is 16.6. The van der Waals surface area contributed by atoms with E-state index in [9.17, 15) is 19.5 Å². The van der Waals surface area contributed by atoms with Crippen molar-refractivity contribution >= 4 is 17.8 Å². The van der Waals surface area contributed by atoms with Gasteiger partial charge in [-0.05, 0) is 39.0 Å². The molecule has 1 rings (SSSR count). The normalized spacial score (nSPS) is 12.0. The molecule has 0 spiro atoms. The number of alkyl carbamates (subject to hydrolysis) is 1. The van der Waals surface area contributed by atoms with Crippen LogP contribution in [0.1, 0.15) is 37.6 Å². The maximum absolute atomic E-state index is 12.3. The van der Waals surface area contributed by atoms with E-state index in [2.05, 4.69) is 5.32 Å². The lowest BCUT2D eigenvalue weighted by Gasteiger charge is -2.21. The van der Waals surface area contributed by atoms with Crippen LogP contribution in [0.3, 0.4) is 0 Å². The minimum Gasteiger partial charge on any atom is -0.493 e. The molecule has 1 aromatic rings. The Labute approximate surface area is 146 Å². The molecule has 0 saturated carbocycles. The maximum Gasteiger partial charge on any atom is 0.408 e. The van der Waals surface area contributed by atoms with Gasteiger partial charge in [-0.3, -0.25) is 4.79 Å². The third-order valence-electron chi connectivity index (χ3n) is 3.08. The molecule has 0 aliphatic heterocycles. The highest BCUT2D eigenvalue weighted by molar-refractivity contribution is 5.99. The molecule has 0 aromatic heterocycles. The lowest BCUT2D eigenvalue weighted by molar-refractivity contribution is -0.139. The van der Waals surface area contributed by atoms with E-state index in [1.807, 2.05) is 0 Å². The average Bonchev–Trinajstić information content (AvgIpc) is 2.51. The van der Waals surface area contributed by atoms with Crippen LogP contribution in [-0.4, -0.2) is 48.8 Å². The number of carboxylic acid groups (broad SMARTS) is 1. The molecule has 0 radical (unpaired) electrons. The van der Waals surface area contributed by atoms with Gasteiger partial charge in [0.05, 0.1) is 14.2 Å². The van der Waals surface area contributed by atoms with Crippen LogP contribution in [0.4, 0.5) is 4.79 Å². The number of methoxy groups -OCH3 is 2. The number of amides is 1. The summed E-state index contributed by atoms with van der Waals surface area (Å²) in [4.78, 5) is 35.4. The third-order valence-corrected chi connectivity index (χ3v) is 3.08. The van der Waals surface area contributed by atoms with E-state index in [4.69, 9.17) is 14.2 Å². The van der Waals surface area contributed by atoms with E-state index in [1.165, 1.54) is 26.4 Å². The second kappa shape index (κ2) is 8.36. The van der Waals surface area contributed by atoms with Crippen LogP contribution < -0.4 is 14.8 Å². The van der Waals surface area contributed by atoms with Crippen LogP contribution in [0.25, 0.3) is 0 Å². The van der Waals surface area contributed by atoms with E-state index < -0.39 is 35.9 Å². The summed E-state index contributed by atoms with van der Waals surface area (Å²) < 4.78 is 15.2. The Morgan fingerprint density at radius 2 is 1.72 bits per heavy atom. The second-order valence-corrected chi connectivity index (χ2v) is 6.23. The number of hydrogen-bond donors (Lipinski definition) is 2. The summed E-state index contributed by atoms with van der Waals surface area (Å²) >= 11 is 0. The first kappa shape index (κ1) is 20.3. The highest BCUT2D eigenvalue weighted by Gasteiger charge is 2.27. The Hall–Kier alpha value is -2.77. The largest absolute Gasteiger partial charge is 0.493 e. The van der Waals surface area contributed by atoms with Crippen molar-refractivity contribution in [3.05, 3.63) is 23.8 Å². The fraction of sp³-hybridized carbons (Fsp3) is 0.471. The molecular formula is C17H23NO7. The van der Waals surface area contributed by atoms with E-state index in [1.54, 1.807) is 26.8 Å². The summed E-state index contributed by atoms with van der Waals surface area (Å²) in [6.07, 6.45) is -1.33. The predicted molar refractivity (Wildman–Crippen MR) is 89.3 cm³/mol. The van der Waals surface area contributed by atoms with Gasteiger partial charge in [-0.25, -0.2) is 9.59 Å². The van der Waals surface area contributed by atoms with Gasteiger partial charge in [-0.15, -0.1) is 0 Å². The standard InChI is InChI=1S/C17H23NO7/c1-17(2,3)25-16(22)18-11(15(20)21)9-12(19)10-6-7-13(23-4)14(8-10)24-5/h6-8,11H,9H2,1-5H3,(H,18,22)(H,20,21)/t11-/m1/s1. The number of carboxylic acids is 1. The first-order valence-corrected chi connectivity index (χ1v) is 7.55. The summed E-state index contributed by atoms with van der Waals surface area (Å²) in [5, 5.41) is 11.4. The fourth-order valence-corrected chi connectivity index (χ4v) is 1.96. The van der Waals surface area contributed by atoms with E-state index in [0.29, 0.717) is 11.5 Å². The summed E-state index contributed by atoms with van der Waals surface area (Å²) in [7, 11) is 2.89. The van der Waals surface area contributed by atoms with Crippen molar-refractivity contribution in [2.45, 2.75) is 38.8 Å². The Morgan fingerprint density at radius 1 is 1.12 bits per heavy atom. The summed E-state index contributed by atoms with van der Waals surface area (Å²) in [6, 6.07) is 3.09. The predicted octanol–water partition coefficient (Wildman–Crippen LogP) is 2.25. The number of rotatable bonds is 7. The molecule has 25 heavy (non-hydrogen) atoms. The molecule has 1 atom stereocenters. The van der Waals surface area contributed by atoms with E-state index in [-0.39, 0.29) is 5.56 Å². The monoisotopic (exact) mass is 353 g/mol. The van der Waals surface area contributed by atoms with Crippen molar-refractivity contribution < 1.29 is 33.7 Å². The first-order valence-electron chi connectivity index (χ1n) is 7.55. The molecule has 0 bridgehead atoms. The molecule has 0 fully saturated rings. The summed E-state index contributed by atoms with van der Waals surface area (Å²) in [5.41, 5.74) is -0.532. The molecule has 1 amide bonds. The Balaban J connectivity index is 2.86. The molecule has 0 heterocycles.